The van der Waals surface area contributed by atoms with Gasteiger partial charge in [-0.25, -0.2) is 14.4 Å². The van der Waals surface area contributed by atoms with Crippen LogP contribution in [-0.2, 0) is 14.4 Å². The normalized spacial score (nSPS) is 25.2. The summed E-state index contributed by atoms with van der Waals surface area (Å²) in [6.45, 7) is 0. The lowest BCUT2D eigenvalue weighted by atomic mass is 10.4. The molecule has 1 heterocycles. The molecule has 1 aliphatic heterocycles. The van der Waals surface area contributed by atoms with Gasteiger partial charge in [-0.05, 0) is 0 Å². The van der Waals surface area contributed by atoms with Gasteiger partial charge in [-0.1, -0.05) is 0 Å². The highest BCUT2D eigenvalue weighted by Gasteiger charge is 2.47. The van der Waals surface area contributed by atoms with E-state index in [9.17, 15) is 19.2 Å². The average molecular weight is 182 g/mol. The average Bonchev–Trinajstić information content (AvgIpc) is 2.28. The van der Waals surface area contributed by atoms with Gasteiger partial charge in [0.25, 0.3) is 0 Å². The first-order valence-corrected chi connectivity index (χ1v) is 2.96. The van der Waals surface area contributed by atoms with Gasteiger partial charge in [0.1, 0.15) is 0 Å². The van der Waals surface area contributed by atoms with Crippen LogP contribution in [-0.4, -0.2) is 29.9 Å². The first-order valence-electron chi connectivity index (χ1n) is 2.96. The summed E-state index contributed by atoms with van der Waals surface area (Å²) in [5.41, 5.74) is 0. The lowest BCUT2D eigenvalue weighted by Gasteiger charge is -2.09. The van der Waals surface area contributed by atoms with Crippen LogP contribution >= 0.6 is 0 Å². The minimum atomic E-state index is -2.22. The van der Waals surface area contributed by atoms with E-state index in [1.807, 2.05) is 5.32 Å². The van der Waals surface area contributed by atoms with Crippen molar-refractivity contribution < 1.29 is 19.2 Å². The summed E-state index contributed by atoms with van der Waals surface area (Å²) < 4.78 is 0. The van der Waals surface area contributed by atoms with E-state index >= 15 is 0 Å². The molecule has 0 bridgehead atoms. The number of isocyanates is 2. The van der Waals surface area contributed by atoms with Crippen LogP contribution in [0.1, 0.15) is 0 Å². The Bertz CT molecular complexity index is 345. The van der Waals surface area contributed by atoms with Crippen molar-refractivity contribution in [2.45, 2.75) is 5.79 Å². The summed E-state index contributed by atoms with van der Waals surface area (Å²) in [5.74, 6) is -3.25. The zero-order chi connectivity index (χ0) is 9.90. The van der Waals surface area contributed by atoms with Crippen molar-refractivity contribution in [3.63, 3.8) is 0 Å². The van der Waals surface area contributed by atoms with Crippen LogP contribution in [0, 0.1) is 0 Å². The second kappa shape index (κ2) is 2.98. The van der Waals surface area contributed by atoms with Crippen molar-refractivity contribution in [2.24, 2.45) is 9.98 Å². The van der Waals surface area contributed by atoms with Crippen LogP contribution in [0.15, 0.2) is 9.98 Å². The van der Waals surface area contributed by atoms with Gasteiger partial charge in [0.05, 0.1) is 0 Å². The van der Waals surface area contributed by atoms with Gasteiger partial charge in [-0.3, -0.25) is 15.4 Å². The summed E-state index contributed by atoms with van der Waals surface area (Å²) in [5, 5.41) is 3.60. The lowest BCUT2D eigenvalue weighted by Crippen LogP contribution is -2.42. The number of amides is 3. The Morgan fingerprint density at radius 1 is 1.15 bits per heavy atom. The van der Waals surface area contributed by atoms with E-state index < -0.39 is 17.7 Å². The Hall–Kier alpha value is -2.30. The molecule has 8 nitrogen and oxygen atoms in total. The first-order chi connectivity index (χ1) is 6.14. The third-order valence-corrected chi connectivity index (χ3v) is 1.25. The van der Waals surface area contributed by atoms with E-state index in [1.54, 1.807) is 5.32 Å². The maximum Gasteiger partial charge on any atom is 0.331 e. The molecule has 13 heavy (non-hydrogen) atoms. The Kier molecular flexibility index (Phi) is 2.01. The Balaban J connectivity index is 3.18. The van der Waals surface area contributed by atoms with E-state index in [1.165, 1.54) is 0 Å². The number of rotatable bonds is 2. The van der Waals surface area contributed by atoms with Gasteiger partial charge in [0.2, 0.25) is 12.2 Å². The van der Waals surface area contributed by atoms with Crippen molar-refractivity contribution in [3.05, 3.63) is 0 Å². The van der Waals surface area contributed by atoms with Crippen LogP contribution < -0.4 is 10.6 Å². The van der Waals surface area contributed by atoms with Gasteiger partial charge in [-0.2, -0.15) is 0 Å². The number of hydrogen-bond acceptors (Lipinski definition) is 6. The number of imide groups is 1. The summed E-state index contributed by atoms with van der Waals surface area (Å²) >= 11 is 0. The number of carbonyl (C=O) groups excluding carboxylic acids is 4. The van der Waals surface area contributed by atoms with Gasteiger partial charge in [0.15, 0.2) is 0 Å². The Labute approximate surface area is 70.7 Å². The van der Waals surface area contributed by atoms with Crippen LogP contribution in [0.25, 0.3) is 0 Å². The van der Waals surface area contributed by atoms with Gasteiger partial charge < -0.3 is 0 Å². The number of aliphatic imine (C=N–C) groups is 2. The third-order valence-electron chi connectivity index (χ3n) is 1.25. The highest BCUT2D eigenvalue weighted by atomic mass is 16.2. The van der Waals surface area contributed by atoms with Crippen molar-refractivity contribution in [1.29, 1.82) is 0 Å². The van der Waals surface area contributed by atoms with Crippen LogP contribution in [0.4, 0.5) is 4.79 Å². The molecule has 0 aromatic rings. The summed E-state index contributed by atoms with van der Waals surface area (Å²) in [4.78, 5) is 47.1. The standard InChI is InChI=1S/C5H2N4O4/c10-1-6-5(7-2-11)3(12)8-4(13)9-5/h(H2,8,9,12,13). The molecule has 1 rings (SSSR count). The monoisotopic (exact) mass is 182 g/mol. The minimum Gasteiger partial charge on any atom is -0.285 e. The maximum absolute atomic E-state index is 10.9. The molecule has 0 aromatic heterocycles. The second-order valence-electron chi connectivity index (χ2n) is 1.99. The molecular weight excluding hydrogens is 180 g/mol. The second-order valence-corrected chi connectivity index (χ2v) is 1.99. The summed E-state index contributed by atoms with van der Waals surface area (Å²) in [7, 11) is 0. The van der Waals surface area contributed by atoms with E-state index in [0.29, 0.717) is 0 Å². The van der Waals surface area contributed by atoms with Crippen LogP contribution in [0.5, 0.6) is 0 Å². The number of urea groups is 1. The molecule has 2 N–H and O–H groups in total. The molecule has 0 radical (unpaired) electrons. The molecule has 0 saturated carbocycles. The molecule has 0 aromatic carbocycles. The number of carbonyl (C=O) groups is 2. The van der Waals surface area contributed by atoms with E-state index in [4.69, 9.17) is 0 Å². The Morgan fingerprint density at radius 2 is 1.69 bits per heavy atom. The topological polar surface area (TPSA) is 117 Å². The van der Waals surface area contributed by atoms with Crippen molar-refractivity contribution in [1.82, 2.24) is 10.6 Å². The van der Waals surface area contributed by atoms with Crippen molar-refractivity contribution >= 4 is 24.1 Å². The molecule has 66 valence electrons. The highest BCUT2D eigenvalue weighted by Crippen LogP contribution is 2.12. The van der Waals surface area contributed by atoms with Crippen LogP contribution in [0.2, 0.25) is 0 Å². The van der Waals surface area contributed by atoms with Gasteiger partial charge in [-0.15, -0.1) is 9.98 Å². The molecule has 8 heteroatoms. The fourth-order valence-corrected chi connectivity index (χ4v) is 0.751. The molecular formula is C5H2N4O4. The number of hydrogen-bond donors (Lipinski definition) is 2. The summed E-state index contributed by atoms with van der Waals surface area (Å²) in [6, 6.07) is -0.900. The largest absolute Gasteiger partial charge is 0.331 e. The van der Waals surface area contributed by atoms with Gasteiger partial charge >= 0.3 is 17.7 Å². The Morgan fingerprint density at radius 3 is 2.00 bits per heavy atom. The molecule has 3 amide bonds. The number of nitrogens with one attached hydrogen (secondary N) is 2. The maximum atomic E-state index is 10.9. The lowest BCUT2D eigenvalue weighted by molar-refractivity contribution is -0.123. The molecule has 1 saturated heterocycles. The van der Waals surface area contributed by atoms with Gasteiger partial charge in [0, 0.05) is 0 Å². The smallest absolute Gasteiger partial charge is 0.285 e. The zero-order valence-electron chi connectivity index (χ0n) is 6.03. The van der Waals surface area contributed by atoms with E-state index in [2.05, 4.69) is 9.98 Å². The zero-order valence-corrected chi connectivity index (χ0v) is 6.03. The predicted molar refractivity (Wildman–Crippen MR) is 35.6 cm³/mol. The minimum absolute atomic E-state index is 0.900. The van der Waals surface area contributed by atoms with Crippen molar-refractivity contribution in [2.75, 3.05) is 0 Å². The van der Waals surface area contributed by atoms with Crippen LogP contribution in [0.3, 0.4) is 0 Å². The predicted octanol–water partition coefficient (Wildman–Crippen LogP) is -1.85. The van der Waals surface area contributed by atoms with E-state index in [0.717, 1.165) is 12.2 Å². The quantitative estimate of drug-likeness (QED) is 0.296. The molecule has 0 unspecified atom stereocenters. The summed E-state index contributed by atoms with van der Waals surface area (Å²) in [6.07, 6.45) is 2.03. The SMILES string of the molecule is O=C=NC1(N=C=O)NC(=O)NC1=O. The number of nitrogens with zero attached hydrogens (tertiary/aromatic N) is 2. The fourth-order valence-electron chi connectivity index (χ4n) is 0.751. The third kappa shape index (κ3) is 1.34. The first kappa shape index (κ1) is 8.79. The fraction of sp³-hybridized carbons (Fsp3) is 0.200. The van der Waals surface area contributed by atoms with E-state index in [-0.39, 0.29) is 0 Å². The molecule has 1 aliphatic rings. The van der Waals surface area contributed by atoms with Crippen molar-refractivity contribution in [3.8, 4) is 0 Å². The molecule has 0 aliphatic carbocycles. The molecule has 1 fully saturated rings. The molecule has 0 atom stereocenters. The molecule has 0 spiro atoms. The highest BCUT2D eigenvalue weighted by molar-refractivity contribution is 6.07.